The normalized spacial score (nSPS) is 12.8. The van der Waals surface area contributed by atoms with Crippen molar-refractivity contribution >= 4 is 16.3 Å². The van der Waals surface area contributed by atoms with Gasteiger partial charge >= 0.3 is 0 Å². The molecule has 0 heterocycles. The van der Waals surface area contributed by atoms with Crippen molar-refractivity contribution in [2.24, 2.45) is 0 Å². The summed E-state index contributed by atoms with van der Waals surface area (Å²) in [7, 11) is -3.72. The third kappa shape index (κ3) is 3.31. The van der Waals surface area contributed by atoms with Gasteiger partial charge in [-0.05, 0) is 24.6 Å². The van der Waals surface area contributed by atoms with Crippen LogP contribution >= 0.6 is 0 Å². The van der Waals surface area contributed by atoms with Crippen molar-refractivity contribution in [1.29, 1.82) is 0 Å². The van der Waals surface area contributed by atoms with Crippen molar-refractivity contribution in [2.75, 3.05) is 0 Å². The van der Waals surface area contributed by atoms with Crippen LogP contribution in [0.3, 0.4) is 0 Å². The third-order valence-electron chi connectivity index (χ3n) is 2.91. The Hall–Kier alpha value is -1.98. The Labute approximate surface area is 118 Å². The molecule has 0 aliphatic carbocycles. The van der Waals surface area contributed by atoms with Crippen molar-refractivity contribution in [3.63, 3.8) is 0 Å². The molecule has 0 aliphatic heterocycles. The van der Waals surface area contributed by atoms with E-state index in [1.165, 1.54) is 12.1 Å². The number of aldehydes is 1. The fraction of sp³-hybridized carbons (Fsp3) is 0.133. The van der Waals surface area contributed by atoms with Gasteiger partial charge in [0.2, 0.25) is 10.0 Å². The molecular formula is C15H15NO3S. The molecule has 0 fully saturated rings. The average Bonchev–Trinajstić information content (AvgIpc) is 2.46. The zero-order valence-corrected chi connectivity index (χ0v) is 11.8. The molecule has 0 saturated carbocycles. The minimum Gasteiger partial charge on any atom is -0.301 e. The molecule has 0 aromatic heterocycles. The van der Waals surface area contributed by atoms with Crippen LogP contribution in [0.5, 0.6) is 0 Å². The number of benzene rings is 2. The molecule has 104 valence electrons. The molecule has 0 bridgehead atoms. The second-order valence-corrected chi connectivity index (χ2v) is 6.17. The largest absolute Gasteiger partial charge is 0.301 e. The summed E-state index contributed by atoms with van der Waals surface area (Å²) in [5, 5.41) is 0. The topological polar surface area (TPSA) is 63.2 Å². The van der Waals surface area contributed by atoms with E-state index in [0.717, 1.165) is 5.56 Å². The smallest absolute Gasteiger partial charge is 0.241 e. The highest BCUT2D eigenvalue weighted by atomic mass is 32.2. The van der Waals surface area contributed by atoms with Gasteiger partial charge in [-0.25, -0.2) is 8.42 Å². The highest BCUT2D eigenvalue weighted by Crippen LogP contribution is 2.16. The van der Waals surface area contributed by atoms with Crippen LogP contribution in [0.2, 0.25) is 0 Å². The first-order valence-corrected chi connectivity index (χ1v) is 7.60. The second kappa shape index (κ2) is 5.98. The van der Waals surface area contributed by atoms with Gasteiger partial charge in [0.1, 0.15) is 12.3 Å². The molecule has 4 nitrogen and oxygen atoms in total. The Morgan fingerprint density at radius 2 is 1.60 bits per heavy atom. The maximum absolute atomic E-state index is 12.2. The van der Waals surface area contributed by atoms with E-state index in [2.05, 4.69) is 4.72 Å². The molecule has 0 unspecified atom stereocenters. The molecule has 1 N–H and O–H groups in total. The van der Waals surface area contributed by atoms with Gasteiger partial charge in [0.05, 0.1) is 4.90 Å². The van der Waals surface area contributed by atoms with Gasteiger partial charge in [-0.1, -0.05) is 48.0 Å². The summed E-state index contributed by atoms with van der Waals surface area (Å²) < 4.78 is 26.8. The van der Waals surface area contributed by atoms with Gasteiger partial charge in [0.15, 0.2) is 0 Å². The minimum atomic E-state index is -3.72. The molecule has 1 atom stereocenters. The summed E-state index contributed by atoms with van der Waals surface area (Å²) >= 11 is 0. The number of nitrogens with one attached hydrogen (secondary N) is 1. The van der Waals surface area contributed by atoms with E-state index in [4.69, 9.17) is 0 Å². The quantitative estimate of drug-likeness (QED) is 0.858. The van der Waals surface area contributed by atoms with Crippen molar-refractivity contribution in [1.82, 2.24) is 4.72 Å². The molecule has 0 radical (unpaired) electrons. The summed E-state index contributed by atoms with van der Waals surface area (Å²) in [6, 6.07) is 14.3. The molecule has 5 heteroatoms. The standard InChI is InChI=1S/C15H15NO3S/c1-12-7-9-14(10-8-12)20(18,19)16-15(11-17)13-5-3-2-4-6-13/h2-11,15-16H,1H3/t15-/m0/s1. The lowest BCUT2D eigenvalue weighted by atomic mass is 10.1. The minimum absolute atomic E-state index is 0.144. The number of hydrogen-bond donors (Lipinski definition) is 1. The van der Waals surface area contributed by atoms with Crippen LogP contribution in [0, 0.1) is 6.92 Å². The average molecular weight is 289 g/mol. The SMILES string of the molecule is Cc1ccc(S(=O)(=O)N[C@@H](C=O)c2ccccc2)cc1. The maximum atomic E-state index is 12.2. The number of rotatable bonds is 5. The van der Waals surface area contributed by atoms with Gasteiger partial charge < -0.3 is 4.79 Å². The number of sulfonamides is 1. The summed E-state index contributed by atoms with van der Waals surface area (Å²) in [4.78, 5) is 11.3. The highest BCUT2D eigenvalue weighted by molar-refractivity contribution is 7.89. The third-order valence-corrected chi connectivity index (χ3v) is 4.37. The Morgan fingerprint density at radius 1 is 1.00 bits per heavy atom. The monoisotopic (exact) mass is 289 g/mol. The predicted octanol–water partition coefficient (Wildman–Crippen LogP) is 2.21. The summed E-state index contributed by atoms with van der Waals surface area (Å²) in [5.41, 5.74) is 1.58. The van der Waals surface area contributed by atoms with E-state index < -0.39 is 16.1 Å². The first-order valence-electron chi connectivity index (χ1n) is 6.12. The van der Waals surface area contributed by atoms with E-state index in [0.29, 0.717) is 11.8 Å². The van der Waals surface area contributed by atoms with Gasteiger partial charge in [-0.15, -0.1) is 0 Å². The lowest BCUT2D eigenvalue weighted by Gasteiger charge is -2.13. The number of aryl methyl sites for hydroxylation is 1. The predicted molar refractivity (Wildman–Crippen MR) is 76.7 cm³/mol. The lowest BCUT2D eigenvalue weighted by Crippen LogP contribution is -2.29. The number of carbonyl (C=O) groups excluding carboxylic acids is 1. The molecule has 2 rings (SSSR count). The highest BCUT2D eigenvalue weighted by Gasteiger charge is 2.20. The molecule has 20 heavy (non-hydrogen) atoms. The zero-order chi connectivity index (χ0) is 14.6. The Kier molecular flexibility index (Phi) is 4.32. The van der Waals surface area contributed by atoms with Gasteiger partial charge in [0.25, 0.3) is 0 Å². The molecule has 2 aromatic carbocycles. The number of hydrogen-bond acceptors (Lipinski definition) is 3. The lowest BCUT2D eigenvalue weighted by molar-refractivity contribution is -0.109. The Balaban J connectivity index is 2.27. The summed E-state index contributed by atoms with van der Waals surface area (Å²) in [5.74, 6) is 0. The number of carbonyl (C=O) groups is 1. The van der Waals surface area contributed by atoms with Crippen LogP contribution in [0.25, 0.3) is 0 Å². The molecular weight excluding hydrogens is 274 g/mol. The van der Waals surface area contributed by atoms with Crippen molar-refractivity contribution in [3.05, 3.63) is 65.7 Å². The van der Waals surface area contributed by atoms with Crippen LogP contribution in [0.1, 0.15) is 17.2 Å². The summed E-state index contributed by atoms with van der Waals surface area (Å²) in [6.45, 7) is 1.88. The maximum Gasteiger partial charge on any atom is 0.241 e. The van der Waals surface area contributed by atoms with Gasteiger partial charge in [-0.3, -0.25) is 0 Å². The van der Waals surface area contributed by atoms with E-state index in [1.807, 2.05) is 6.92 Å². The van der Waals surface area contributed by atoms with Crippen LogP contribution in [-0.2, 0) is 14.8 Å². The summed E-state index contributed by atoms with van der Waals surface area (Å²) in [6.07, 6.45) is 0.584. The molecule has 2 aromatic rings. The van der Waals surface area contributed by atoms with Crippen molar-refractivity contribution in [3.8, 4) is 0 Å². The Morgan fingerprint density at radius 3 is 2.15 bits per heavy atom. The van der Waals surface area contributed by atoms with E-state index in [-0.39, 0.29) is 4.90 Å². The first kappa shape index (κ1) is 14.4. The zero-order valence-electron chi connectivity index (χ0n) is 11.0. The molecule has 0 aliphatic rings. The van der Waals surface area contributed by atoms with E-state index in [1.54, 1.807) is 42.5 Å². The molecule has 0 saturated heterocycles. The van der Waals surface area contributed by atoms with Crippen molar-refractivity contribution in [2.45, 2.75) is 17.9 Å². The van der Waals surface area contributed by atoms with Crippen molar-refractivity contribution < 1.29 is 13.2 Å². The van der Waals surface area contributed by atoms with E-state index >= 15 is 0 Å². The Bertz CT molecular complexity index is 679. The van der Waals surface area contributed by atoms with Gasteiger partial charge in [0, 0.05) is 0 Å². The van der Waals surface area contributed by atoms with E-state index in [9.17, 15) is 13.2 Å². The molecule has 0 spiro atoms. The van der Waals surface area contributed by atoms with Crippen LogP contribution < -0.4 is 4.72 Å². The van der Waals surface area contributed by atoms with Gasteiger partial charge in [-0.2, -0.15) is 4.72 Å². The van der Waals surface area contributed by atoms with Crippen LogP contribution in [-0.4, -0.2) is 14.7 Å². The fourth-order valence-corrected chi connectivity index (χ4v) is 2.94. The fourth-order valence-electron chi connectivity index (χ4n) is 1.79. The van der Waals surface area contributed by atoms with Crippen LogP contribution in [0.4, 0.5) is 0 Å². The first-order chi connectivity index (χ1) is 9.53. The van der Waals surface area contributed by atoms with Crippen LogP contribution in [0.15, 0.2) is 59.5 Å². The molecule has 0 amide bonds. The second-order valence-electron chi connectivity index (χ2n) is 4.46.